The van der Waals surface area contributed by atoms with Crippen LogP contribution < -0.4 is 19.7 Å². The molecule has 5 aromatic carbocycles. The van der Waals surface area contributed by atoms with Crippen molar-refractivity contribution in [1.82, 2.24) is 0 Å². The zero-order valence-electron chi connectivity index (χ0n) is 26.1. The van der Waals surface area contributed by atoms with Crippen LogP contribution in [0.5, 0.6) is 11.5 Å². The lowest BCUT2D eigenvalue weighted by Gasteiger charge is -2.25. The van der Waals surface area contributed by atoms with E-state index in [1.165, 1.54) is 7.11 Å². The molecule has 0 fully saturated rings. The molecule has 234 valence electrons. The van der Waals surface area contributed by atoms with Crippen LogP contribution in [0.15, 0.2) is 133 Å². The molecule has 0 saturated carbocycles. The first-order valence-electron chi connectivity index (χ1n) is 15.2. The van der Waals surface area contributed by atoms with Gasteiger partial charge >= 0.3 is 5.97 Å². The largest absolute Gasteiger partial charge is 0.497 e. The Morgan fingerprint density at radius 1 is 0.717 bits per heavy atom. The normalized spacial score (nSPS) is 11.3. The Morgan fingerprint density at radius 3 is 2.13 bits per heavy atom. The molecule has 5 aromatic rings. The van der Waals surface area contributed by atoms with Gasteiger partial charge in [-0.1, -0.05) is 84.9 Å². The molecule has 46 heavy (non-hydrogen) atoms. The number of carbonyl (C=O) groups is 2. The minimum absolute atomic E-state index is 0.122. The lowest BCUT2D eigenvalue weighted by Crippen LogP contribution is -2.33. The summed E-state index contributed by atoms with van der Waals surface area (Å²) >= 11 is 0. The zero-order valence-corrected chi connectivity index (χ0v) is 26.1. The fourth-order valence-electron chi connectivity index (χ4n) is 5.24. The van der Waals surface area contributed by atoms with Crippen LogP contribution in [0, 0.1) is 0 Å². The Hall–Kier alpha value is -5.56. The molecule has 0 saturated heterocycles. The van der Waals surface area contributed by atoms with Crippen LogP contribution in [0.2, 0.25) is 0 Å². The Balaban J connectivity index is 1.22. The molecule has 0 amide bonds. The average Bonchev–Trinajstić information content (AvgIpc) is 3.12. The van der Waals surface area contributed by atoms with E-state index in [1.807, 2.05) is 91.0 Å². The van der Waals surface area contributed by atoms with Gasteiger partial charge in [0.05, 0.1) is 20.8 Å². The number of ketones is 1. The first kappa shape index (κ1) is 31.9. The number of anilines is 2. The maximum Gasteiger partial charge on any atom is 0.328 e. The van der Waals surface area contributed by atoms with Crippen LogP contribution in [0.4, 0.5) is 11.4 Å². The van der Waals surface area contributed by atoms with Gasteiger partial charge in [0.1, 0.15) is 24.1 Å². The van der Waals surface area contributed by atoms with Crippen molar-refractivity contribution in [3.8, 4) is 11.5 Å². The second-order valence-electron chi connectivity index (χ2n) is 10.8. The molecule has 0 aliphatic heterocycles. The van der Waals surface area contributed by atoms with E-state index in [9.17, 15) is 9.59 Å². The van der Waals surface area contributed by atoms with Gasteiger partial charge in [0.25, 0.3) is 0 Å². The van der Waals surface area contributed by atoms with Crippen molar-refractivity contribution in [1.29, 1.82) is 0 Å². The number of hydrogen-bond acceptors (Lipinski definition) is 7. The number of para-hydroxylation sites is 2. The molecule has 0 bridgehead atoms. The number of carbonyl (C=O) groups excluding carboxylic acids is 2. The monoisotopic (exact) mass is 614 g/mol. The predicted octanol–water partition coefficient (Wildman–Crippen LogP) is 7.21. The molecule has 0 radical (unpaired) electrons. The molecule has 0 unspecified atom stereocenters. The number of hydrogen-bond donors (Lipinski definition) is 1. The van der Waals surface area contributed by atoms with Crippen molar-refractivity contribution in [2.75, 3.05) is 37.6 Å². The molecule has 1 N–H and O–H groups in total. The van der Waals surface area contributed by atoms with E-state index in [0.29, 0.717) is 42.9 Å². The molecule has 7 heteroatoms. The quantitative estimate of drug-likeness (QED) is 0.0987. The second kappa shape index (κ2) is 16.0. The van der Waals surface area contributed by atoms with Gasteiger partial charge in [0.15, 0.2) is 5.78 Å². The summed E-state index contributed by atoms with van der Waals surface area (Å²) < 4.78 is 16.7. The summed E-state index contributed by atoms with van der Waals surface area (Å²) in [6, 6.07) is 41.6. The van der Waals surface area contributed by atoms with Crippen LogP contribution in [0.1, 0.15) is 27.0 Å². The third-order valence-corrected chi connectivity index (χ3v) is 7.65. The van der Waals surface area contributed by atoms with E-state index >= 15 is 0 Å². The molecule has 0 spiro atoms. The van der Waals surface area contributed by atoms with Gasteiger partial charge in [-0.3, -0.25) is 4.79 Å². The Morgan fingerprint density at radius 2 is 1.41 bits per heavy atom. The molecule has 1 atom stereocenters. The molecule has 0 aliphatic carbocycles. The highest BCUT2D eigenvalue weighted by molar-refractivity contribution is 6.12. The number of esters is 1. The summed E-state index contributed by atoms with van der Waals surface area (Å²) in [5, 5.41) is 3.26. The number of methoxy groups -OCH3 is 2. The van der Waals surface area contributed by atoms with Gasteiger partial charge in [-0.2, -0.15) is 0 Å². The van der Waals surface area contributed by atoms with Gasteiger partial charge in [-0.25, -0.2) is 4.79 Å². The topological polar surface area (TPSA) is 77.1 Å². The Labute approximate surface area is 270 Å². The summed E-state index contributed by atoms with van der Waals surface area (Å²) in [7, 11) is 3.04. The Bertz CT molecular complexity index is 1710. The van der Waals surface area contributed by atoms with Crippen molar-refractivity contribution in [3.05, 3.63) is 156 Å². The minimum Gasteiger partial charge on any atom is -0.497 e. The molecule has 0 aromatic heterocycles. The first-order chi connectivity index (χ1) is 22.5. The molecular weight excluding hydrogens is 576 g/mol. The van der Waals surface area contributed by atoms with Crippen LogP contribution in [0.25, 0.3) is 0 Å². The highest BCUT2D eigenvalue weighted by Gasteiger charge is 2.22. The zero-order chi connectivity index (χ0) is 32.1. The maximum atomic E-state index is 13.2. The first-order valence-corrected chi connectivity index (χ1v) is 15.2. The Kier molecular flexibility index (Phi) is 11.0. The van der Waals surface area contributed by atoms with Gasteiger partial charge in [-0.15, -0.1) is 0 Å². The van der Waals surface area contributed by atoms with Crippen molar-refractivity contribution in [2.45, 2.75) is 19.0 Å². The third kappa shape index (κ3) is 8.54. The molecule has 0 aliphatic rings. The minimum atomic E-state index is -0.697. The van der Waals surface area contributed by atoms with Gasteiger partial charge in [-0.05, 0) is 59.7 Å². The molecule has 7 nitrogen and oxygen atoms in total. The van der Waals surface area contributed by atoms with E-state index in [-0.39, 0.29) is 5.78 Å². The molecule has 0 heterocycles. The highest BCUT2D eigenvalue weighted by atomic mass is 16.5. The van der Waals surface area contributed by atoms with Crippen molar-refractivity contribution in [3.63, 3.8) is 0 Å². The summed E-state index contributed by atoms with van der Waals surface area (Å²) in [5.74, 6) is 1.03. The van der Waals surface area contributed by atoms with Crippen molar-refractivity contribution >= 4 is 23.1 Å². The average molecular weight is 615 g/mol. The van der Waals surface area contributed by atoms with Gasteiger partial charge in [0, 0.05) is 35.5 Å². The predicted molar refractivity (Wildman–Crippen MR) is 182 cm³/mol. The highest BCUT2D eigenvalue weighted by Crippen LogP contribution is 2.23. The number of nitrogens with one attached hydrogen (secondary N) is 1. The number of rotatable bonds is 15. The lowest BCUT2D eigenvalue weighted by molar-refractivity contribution is -0.141. The van der Waals surface area contributed by atoms with E-state index in [4.69, 9.17) is 14.2 Å². The van der Waals surface area contributed by atoms with E-state index < -0.39 is 12.0 Å². The summed E-state index contributed by atoms with van der Waals surface area (Å²) in [6.45, 7) is 1.88. The number of ether oxygens (including phenoxy) is 3. The molecule has 5 rings (SSSR count). The number of benzene rings is 5. The van der Waals surface area contributed by atoms with Gasteiger partial charge in [0.2, 0.25) is 0 Å². The number of nitrogens with zero attached hydrogens (tertiary/aromatic N) is 1. The van der Waals surface area contributed by atoms with E-state index in [0.717, 1.165) is 28.3 Å². The molecular formula is C39H38N2O5. The van der Waals surface area contributed by atoms with Crippen LogP contribution >= 0.6 is 0 Å². The maximum absolute atomic E-state index is 13.2. The summed E-state index contributed by atoms with van der Waals surface area (Å²) in [5.41, 5.74) is 4.82. The van der Waals surface area contributed by atoms with Gasteiger partial charge < -0.3 is 24.4 Å². The van der Waals surface area contributed by atoms with Crippen LogP contribution in [0.3, 0.4) is 0 Å². The smallest absolute Gasteiger partial charge is 0.328 e. The fourth-order valence-corrected chi connectivity index (χ4v) is 5.24. The van der Waals surface area contributed by atoms with Crippen molar-refractivity contribution < 1.29 is 23.8 Å². The van der Waals surface area contributed by atoms with Crippen LogP contribution in [-0.2, 0) is 22.5 Å². The fraction of sp³-hybridized carbons (Fsp3) is 0.179. The summed E-state index contributed by atoms with van der Waals surface area (Å²) in [4.78, 5) is 28.3. The lowest BCUT2D eigenvalue weighted by atomic mass is 10.00. The second-order valence-corrected chi connectivity index (χ2v) is 10.8. The third-order valence-electron chi connectivity index (χ3n) is 7.65. The SMILES string of the molecule is COC(=O)[C@H](Cc1ccc(OCCN(Cc2cccc(OC)c2)c2ccccc2)cc1)Nc1ccccc1C(=O)c1ccccc1. The van der Waals surface area contributed by atoms with Crippen LogP contribution in [-0.4, -0.2) is 45.2 Å². The van der Waals surface area contributed by atoms with Crippen molar-refractivity contribution in [2.24, 2.45) is 0 Å². The standard InChI is InChI=1S/C39H38N2O5/c1-44-34-17-11-12-30(26-34)28-41(32-15-7-4-8-16-32)24-25-46-33-22-20-29(21-23-33)27-37(39(43)45-2)40-36-19-10-9-18-35(36)38(42)31-13-5-3-6-14-31/h3-23,26,37,40H,24-25,27-28H2,1-2H3/t37-/m0/s1. The van der Waals surface area contributed by atoms with E-state index in [2.05, 4.69) is 28.4 Å². The summed E-state index contributed by atoms with van der Waals surface area (Å²) in [6.07, 6.45) is 0.364. The van der Waals surface area contributed by atoms with E-state index in [1.54, 1.807) is 31.4 Å².